The molecular weight excluding hydrogens is 210 g/mol. The minimum absolute atomic E-state index is 0.361. The first-order chi connectivity index (χ1) is 8.27. The molecule has 3 heteroatoms. The molecule has 0 aliphatic heterocycles. The Kier molecular flexibility index (Phi) is 4.60. The van der Waals surface area contributed by atoms with Crippen LogP contribution in [-0.4, -0.2) is 15.6 Å². The number of nitrogens with one attached hydrogen (secondary N) is 1. The Balaban J connectivity index is 1.88. The molecule has 3 nitrogen and oxygen atoms in total. The van der Waals surface area contributed by atoms with Gasteiger partial charge in [-0.25, -0.2) is 4.98 Å². The Labute approximate surface area is 105 Å². The van der Waals surface area contributed by atoms with E-state index in [1.54, 1.807) is 0 Å². The Morgan fingerprint density at radius 1 is 1.24 bits per heavy atom. The predicted molar refractivity (Wildman–Crippen MR) is 70.9 cm³/mol. The van der Waals surface area contributed by atoms with E-state index in [2.05, 4.69) is 28.8 Å². The van der Waals surface area contributed by atoms with E-state index in [4.69, 9.17) is 0 Å². The van der Waals surface area contributed by atoms with Gasteiger partial charge in [-0.1, -0.05) is 32.1 Å². The molecule has 1 aromatic rings. The highest BCUT2D eigenvalue weighted by Crippen LogP contribution is 2.19. The molecule has 0 radical (unpaired) electrons. The van der Waals surface area contributed by atoms with Gasteiger partial charge >= 0.3 is 0 Å². The second-order valence-electron chi connectivity index (χ2n) is 5.33. The second-order valence-corrected chi connectivity index (χ2v) is 5.33. The zero-order chi connectivity index (χ0) is 12.1. The van der Waals surface area contributed by atoms with Gasteiger partial charge in [0.15, 0.2) is 0 Å². The smallest absolute Gasteiger partial charge is 0.125 e. The zero-order valence-corrected chi connectivity index (χ0v) is 11.2. The number of aryl methyl sites for hydroxylation is 1. The van der Waals surface area contributed by atoms with Gasteiger partial charge < -0.3 is 9.88 Å². The summed E-state index contributed by atoms with van der Waals surface area (Å²) in [5, 5.41) is 3.75. The summed E-state index contributed by atoms with van der Waals surface area (Å²) in [6.07, 6.45) is 13.6. The van der Waals surface area contributed by atoms with E-state index in [0.717, 1.165) is 5.82 Å². The van der Waals surface area contributed by atoms with E-state index < -0.39 is 0 Å². The highest BCUT2D eigenvalue weighted by molar-refractivity contribution is 4.97. The van der Waals surface area contributed by atoms with Gasteiger partial charge in [0.1, 0.15) is 5.82 Å². The van der Waals surface area contributed by atoms with Gasteiger partial charge in [0, 0.05) is 25.5 Å². The first-order valence-electron chi connectivity index (χ1n) is 7.00. The van der Waals surface area contributed by atoms with E-state index >= 15 is 0 Å². The molecule has 1 aromatic heterocycles. The van der Waals surface area contributed by atoms with Crippen molar-refractivity contribution in [2.45, 2.75) is 64.0 Å². The van der Waals surface area contributed by atoms with E-state index in [1.165, 1.54) is 44.9 Å². The fourth-order valence-corrected chi connectivity index (χ4v) is 2.85. The highest BCUT2D eigenvalue weighted by atomic mass is 15.1. The third-order valence-electron chi connectivity index (χ3n) is 3.84. The van der Waals surface area contributed by atoms with Crippen LogP contribution in [0.4, 0.5) is 0 Å². The summed E-state index contributed by atoms with van der Waals surface area (Å²) in [5.41, 5.74) is 0. The molecule has 96 valence electrons. The summed E-state index contributed by atoms with van der Waals surface area (Å²) in [6, 6.07) is 1.04. The number of rotatable bonds is 3. The van der Waals surface area contributed by atoms with Crippen molar-refractivity contribution in [3.63, 3.8) is 0 Å². The minimum Gasteiger partial charge on any atom is -0.337 e. The number of imidazole rings is 1. The largest absolute Gasteiger partial charge is 0.337 e. The van der Waals surface area contributed by atoms with Crippen LogP contribution in [0.25, 0.3) is 0 Å². The van der Waals surface area contributed by atoms with Crippen LogP contribution in [0.2, 0.25) is 0 Å². The maximum atomic E-state index is 4.42. The van der Waals surface area contributed by atoms with E-state index in [1.807, 2.05) is 12.4 Å². The molecular formula is C14H25N3. The fraction of sp³-hybridized carbons (Fsp3) is 0.786. The van der Waals surface area contributed by atoms with Gasteiger partial charge in [-0.05, 0) is 19.8 Å². The van der Waals surface area contributed by atoms with Crippen LogP contribution in [0.1, 0.15) is 63.7 Å². The van der Waals surface area contributed by atoms with Gasteiger partial charge in [-0.3, -0.25) is 0 Å². The lowest BCUT2D eigenvalue weighted by molar-refractivity contribution is 0.354. The highest BCUT2D eigenvalue weighted by Gasteiger charge is 2.16. The van der Waals surface area contributed by atoms with Crippen LogP contribution >= 0.6 is 0 Å². The average molecular weight is 235 g/mol. The van der Waals surface area contributed by atoms with Crippen LogP contribution in [0, 0.1) is 0 Å². The number of hydrogen-bond donors (Lipinski definition) is 1. The Morgan fingerprint density at radius 3 is 2.47 bits per heavy atom. The lowest BCUT2D eigenvalue weighted by atomic mass is 9.96. The number of aromatic nitrogens is 2. The van der Waals surface area contributed by atoms with Crippen molar-refractivity contribution in [2.75, 3.05) is 0 Å². The van der Waals surface area contributed by atoms with Crippen LogP contribution in [0.15, 0.2) is 12.4 Å². The van der Waals surface area contributed by atoms with Crippen molar-refractivity contribution < 1.29 is 0 Å². The lowest BCUT2D eigenvalue weighted by Crippen LogP contribution is -2.33. The quantitative estimate of drug-likeness (QED) is 0.872. The van der Waals surface area contributed by atoms with Gasteiger partial charge in [0.05, 0.1) is 6.04 Å². The standard InChI is InChI=1S/C14H25N3/c1-12(14-15-10-11-17(14)2)16-13-8-6-4-3-5-7-9-13/h10-13,16H,3-9H2,1-2H3. The Bertz CT molecular complexity index is 324. The summed E-state index contributed by atoms with van der Waals surface area (Å²) in [4.78, 5) is 4.42. The first-order valence-corrected chi connectivity index (χ1v) is 7.00. The summed E-state index contributed by atoms with van der Waals surface area (Å²) in [5.74, 6) is 1.15. The van der Waals surface area contributed by atoms with Crippen molar-refractivity contribution in [2.24, 2.45) is 7.05 Å². The van der Waals surface area contributed by atoms with Gasteiger partial charge in [-0.15, -0.1) is 0 Å². The molecule has 0 saturated heterocycles. The molecule has 0 aromatic carbocycles. The summed E-state index contributed by atoms with van der Waals surface area (Å²) >= 11 is 0. The topological polar surface area (TPSA) is 29.9 Å². The minimum atomic E-state index is 0.361. The zero-order valence-electron chi connectivity index (χ0n) is 11.2. The van der Waals surface area contributed by atoms with Crippen molar-refractivity contribution in [1.29, 1.82) is 0 Å². The van der Waals surface area contributed by atoms with Gasteiger partial charge in [0.25, 0.3) is 0 Å². The first kappa shape index (κ1) is 12.6. The molecule has 0 amide bonds. The molecule has 1 N–H and O–H groups in total. The fourth-order valence-electron chi connectivity index (χ4n) is 2.85. The number of nitrogens with zero attached hydrogens (tertiary/aromatic N) is 2. The summed E-state index contributed by atoms with van der Waals surface area (Å²) in [6.45, 7) is 2.22. The molecule has 17 heavy (non-hydrogen) atoms. The van der Waals surface area contributed by atoms with Crippen molar-refractivity contribution in [3.8, 4) is 0 Å². The molecule has 1 aliphatic carbocycles. The Morgan fingerprint density at radius 2 is 1.88 bits per heavy atom. The van der Waals surface area contributed by atoms with E-state index in [-0.39, 0.29) is 0 Å². The third-order valence-corrected chi connectivity index (χ3v) is 3.84. The average Bonchev–Trinajstić information content (AvgIpc) is 2.68. The maximum absolute atomic E-state index is 4.42. The molecule has 2 rings (SSSR count). The second kappa shape index (κ2) is 6.20. The van der Waals surface area contributed by atoms with E-state index in [9.17, 15) is 0 Å². The maximum Gasteiger partial charge on any atom is 0.125 e. The SMILES string of the molecule is CC(NC1CCCCCCC1)c1nccn1C. The van der Waals surface area contributed by atoms with Crippen LogP contribution in [0.3, 0.4) is 0 Å². The normalized spacial score (nSPS) is 20.8. The van der Waals surface area contributed by atoms with Crippen molar-refractivity contribution >= 4 is 0 Å². The third kappa shape index (κ3) is 3.56. The van der Waals surface area contributed by atoms with Crippen LogP contribution < -0.4 is 5.32 Å². The molecule has 1 atom stereocenters. The lowest BCUT2D eigenvalue weighted by Gasteiger charge is -2.24. The predicted octanol–water partition coefficient (Wildman–Crippen LogP) is 3.18. The Hall–Kier alpha value is -0.830. The van der Waals surface area contributed by atoms with E-state index in [0.29, 0.717) is 12.1 Å². The van der Waals surface area contributed by atoms with Gasteiger partial charge in [-0.2, -0.15) is 0 Å². The van der Waals surface area contributed by atoms with Crippen LogP contribution in [0.5, 0.6) is 0 Å². The molecule has 1 aliphatic rings. The molecule has 1 fully saturated rings. The summed E-state index contributed by atoms with van der Waals surface area (Å²) in [7, 11) is 2.07. The van der Waals surface area contributed by atoms with Crippen molar-refractivity contribution in [3.05, 3.63) is 18.2 Å². The summed E-state index contributed by atoms with van der Waals surface area (Å²) < 4.78 is 2.11. The monoisotopic (exact) mass is 235 g/mol. The molecule has 1 saturated carbocycles. The van der Waals surface area contributed by atoms with Gasteiger partial charge in [0.2, 0.25) is 0 Å². The number of hydrogen-bond acceptors (Lipinski definition) is 2. The molecule has 1 unspecified atom stereocenters. The molecule has 0 spiro atoms. The molecule has 0 bridgehead atoms. The van der Waals surface area contributed by atoms with Crippen LogP contribution in [-0.2, 0) is 7.05 Å². The molecule has 1 heterocycles. The van der Waals surface area contributed by atoms with Crippen molar-refractivity contribution in [1.82, 2.24) is 14.9 Å².